The van der Waals surface area contributed by atoms with E-state index in [4.69, 9.17) is 4.74 Å². The number of ether oxygens (including phenoxy) is 1. The van der Waals surface area contributed by atoms with Gasteiger partial charge in [-0.25, -0.2) is 0 Å². The van der Waals surface area contributed by atoms with Crippen LogP contribution >= 0.6 is 0 Å². The molecule has 2 rings (SSSR count). The van der Waals surface area contributed by atoms with Crippen molar-refractivity contribution in [2.45, 2.75) is 26.7 Å². The maximum absolute atomic E-state index is 11.9. The van der Waals surface area contributed by atoms with Crippen molar-refractivity contribution in [2.24, 2.45) is 5.92 Å². The molecule has 1 aromatic rings. The summed E-state index contributed by atoms with van der Waals surface area (Å²) in [6.45, 7) is 5.67. The van der Waals surface area contributed by atoms with E-state index in [-0.39, 0.29) is 11.9 Å². The molecule has 0 aromatic heterocycles. The molecule has 4 heteroatoms. The fourth-order valence-corrected chi connectivity index (χ4v) is 2.74. The Morgan fingerprint density at radius 1 is 1.50 bits per heavy atom. The van der Waals surface area contributed by atoms with Gasteiger partial charge in [-0.2, -0.15) is 0 Å². The highest BCUT2D eigenvalue weighted by Crippen LogP contribution is 2.27. The summed E-state index contributed by atoms with van der Waals surface area (Å²) < 4.78 is 5.11. The Bertz CT molecular complexity index is 498. The van der Waals surface area contributed by atoms with Crippen LogP contribution < -0.4 is 4.90 Å². The van der Waals surface area contributed by atoms with Crippen molar-refractivity contribution in [1.82, 2.24) is 0 Å². The predicted octanol–water partition coefficient (Wildman–Crippen LogP) is 2.59. The lowest BCUT2D eigenvalue weighted by molar-refractivity contribution is -0.148. The Balaban J connectivity index is 2.19. The van der Waals surface area contributed by atoms with Gasteiger partial charge >= 0.3 is 5.97 Å². The number of benzene rings is 1. The van der Waals surface area contributed by atoms with E-state index < -0.39 is 0 Å². The first-order valence-electron chi connectivity index (χ1n) is 7.13. The Labute approximate surface area is 119 Å². The molecule has 1 aliphatic heterocycles. The molecule has 0 aliphatic carbocycles. The molecular formula is C16H21NO3. The van der Waals surface area contributed by atoms with E-state index in [9.17, 15) is 9.59 Å². The van der Waals surface area contributed by atoms with E-state index in [0.717, 1.165) is 42.5 Å². The zero-order valence-electron chi connectivity index (χ0n) is 12.1. The number of esters is 1. The number of carbonyl (C=O) groups is 2. The number of aryl methyl sites for hydroxylation is 1. The first-order chi connectivity index (χ1) is 9.67. The number of hydrogen-bond donors (Lipinski definition) is 0. The summed E-state index contributed by atoms with van der Waals surface area (Å²) in [5.41, 5.74) is 2.61. The molecule has 108 valence electrons. The number of hydrogen-bond acceptors (Lipinski definition) is 4. The molecule has 1 saturated heterocycles. The third-order valence-electron chi connectivity index (χ3n) is 3.80. The molecule has 0 amide bonds. The van der Waals surface area contributed by atoms with Crippen LogP contribution in [-0.2, 0) is 9.53 Å². The Morgan fingerprint density at radius 2 is 2.30 bits per heavy atom. The summed E-state index contributed by atoms with van der Waals surface area (Å²) in [4.78, 5) is 25.3. The van der Waals surface area contributed by atoms with Crippen molar-refractivity contribution in [1.29, 1.82) is 0 Å². The molecular weight excluding hydrogens is 254 g/mol. The molecule has 1 heterocycles. The number of rotatable bonds is 4. The summed E-state index contributed by atoms with van der Waals surface area (Å²) in [6, 6.07) is 5.83. The van der Waals surface area contributed by atoms with Crippen LogP contribution in [-0.4, -0.2) is 32.0 Å². The second-order valence-corrected chi connectivity index (χ2v) is 5.16. The van der Waals surface area contributed by atoms with Crippen molar-refractivity contribution in [3.05, 3.63) is 29.3 Å². The van der Waals surface area contributed by atoms with E-state index in [1.807, 2.05) is 32.0 Å². The minimum Gasteiger partial charge on any atom is -0.466 e. The second kappa shape index (κ2) is 6.55. The molecule has 1 aromatic carbocycles. The summed E-state index contributed by atoms with van der Waals surface area (Å²) in [5.74, 6) is -0.221. The number of anilines is 1. The van der Waals surface area contributed by atoms with Gasteiger partial charge in [0.1, 0.15) is 0 Å². The molecule has 20 heavy (non-hydrogen) atoms. The van der Waals surface area contributed by atoms with Gasteiger partial charge in [-0.05, 0) is 38.3 Å². The Kier molecular flexibility index (Phi) is 4.77. The van der Waals surface area contributed by atoms with Gasteiger partial charge in [-0.15, -0.1) is 0 Å². The largest absolute Gasteiger partial charge is 0.466 e. The third kappa shape index (κ3) is 3.00. The lowest BCUT2D eigenvalue weighted by Gasteiger charge is -2.34. The number of aldehydes is 1. The zero-order valence-corrected chi connectivity index (χ0v) is 12.1. The fraction of sp³-hybridized carbons (Fsp3) is 0.500. The highest BCUT2D eigenvalue weighted by Gasteiger charge is 2.28. The van der Waals surface area contributed by atoms with Crippen molar-refractivity contribution >= 4 is 17.9 Å². The van der Waals surface area contributed by atoms with Gasteiger partial charge in [-0.1, -0.05) is 12.1 Å². The van der Waals surface area contributed by atoms with Crippen LogP contribution in [0.1, 0.15) is 35.7 Å². The quantitative estimate of drug-likeness (QED) is 0.626. The Morgan fingerprint density at radius 3 is 3.00 bits per heavy atom. The van der Waals surface area contributed by atoms with E-state index in [1.54, 1.807) is 0 Å². The Hall–Kier alpha value is -1.84. The van der Waals surface area contributed by atoms with Gasteiger partial charge in [-0.3, -0.25) is 9.59 Å². The molecule has 0 spiro atoms. The van der Waals surface area contributed by atoms with Gasteiger partial charge in [0.25, 0.3) is 0 Å². The van der Waals surface area contributed by atoms with Gasteiger partial charge in [0.15, 0.2) is 6.29 Å². The zero-order chi connectivity index (χ0) is 14.5. The smallest absolute Gasteiger partial charge is 0.310 e. The fourth-order valence-electron chi connectivity index (χ4n) is 2.74. The van der Waals surface area contributed by atoms with E-state index in [1.165, 1.54) is 0 Å². The van der Waals surface area contributed by atoms with Crippen molar-refractivity contribution in [3.8, 4) is 0 Å². The average molecular weight is 275 g/mol. The van der Waals surface area contributed by atoms with Crippen LogP contribution in [0, 0.1) is 12.8 Å². The highest BCUT2D eigenvalue weighted by atomic mass is 16.5. The van der Waals surface area contributed by atoms with Crippen LogP contribution in [0.3, 0.4) is 0 Å². The maximum Gasteiger partial charge on any atom is 0.310 e. The molecule has 0 N–H and O–H groups in total. The monoisotopic (exact) mass is 275 g/mol. The number of nitrogens with zero attached hydrogens (tertiary/aromatic N) is 1. The molecule has 0 bridgehead atoms. The highest BCUT2D eigenvalue weighted by molar-refractivity contribution is 5.87. The van der Waals surface area contributed by atoms with E-state index >= 15 is 0 Å². The normalized spacial score (nSPS) is 18.7. The molecule has 4 nitrogen and oxygen atoms in total. The molecule has 1 unspecified atom stereocenters. The van der Waals surface area contributed by atoms with Gasteiger partial charge < -0.3 is 9.64 Å². The SMILES string of the molecule is CCOC(=O)C1CCCN(c2cccc(C)c2C=O)C1. The average Bonchev–Trinajstić information content (AvgIpc) is 2.47. The van der Waals surface area contributed by atoms with Crippen LogP contribution in [0.15, 0.2) is 18.2 Å². The second-order valence-electron chi connectivity index (χ2n) is 5.16. The topological polar surface area (TPSA) is 46.6 Å². The lowest BCUT2D eigenvalue weighted by atomic mass is 9.96. The maximum atomic E-state index is 11.9. The van der Waals surface area contributed by atoms with Crippen molar-refractivity contribution < 1.29 is 14.3 Å². The lowest BCUT2D eigenvalue weighted by Crippen LogP contribution is -2.40. The minimum atomic E-state index is -0.127. The standard InChI is InChI=1S/C16H21NO3/c1-3-20-16(19)13-7-5-9-17(10-13)15-8-4-6-12(2)14(15)11-18/h4,6,8,11,13H,3,5,7,9-10H2,1-2H3. The summed E-state index contributed by atoms with van der Waals surface area (Å²) in [5, 5.41) is 0. The predicted molar refractivity (Wildman–Crippen MR) is 78.1 cm³/mol. The summed E-state index contributed by atoms with van der Waals surface area (Å²) >= 11 is 0. The molecule has 1 fully saturated rings. The number of piperidine rings is 1. The van der Waals surface area contributed by atoms with Crippen LogP contribution in [0.25, 0.3) is 0 Å². The van der Waals surface area contributed by atoms with Gasteiger partial charge in [0.05, 0.1) is 12.5 Å². The molecule has 1 aliphatic rings. The number of carbonyl (C=O) groups excluding carboxylic acids is 2. The summed E-state index contributed by atoms with van der Waals surface area (Å²) in [6.07, 6.45) is 2.70. The minimum absolute atomic E-state index is 0.0938. The van der Waals surface area contributed by atoms with Crippen LogP contribution in [0.4, 0.5) is 5.69 Å². The molecule has 1 atom stereocenters. The van der Waals surface area contributed by atoms with E-state index in [2.05, 4.69) is 4.90 Å². The molecule has 0 radical (unpaired) electrons. The molecule has 0 saturated carbocycles. The first kappa shape index (κ1) is 14.6. The van der Waals surface area contributed by atoms with Crippen LogP contribution in [0.2, 0.25) is 0 Å². The summed E-state index contributed by atoms with van der Waals surface area (Å²) in [7, 11) is 0. The van der Waals surface area contributed by atoms with Crippen molar-refractivity contribution in [3.63, 3.8) is 0 Å². The van der Waals surface area contributed by atoms with Gasteiger partial charge in [0.2, 0.25) is 0 Å². The van der Waals surface area contributed by atoms with Crippen LogP contribution in [0.5, 0.6) is 0 Å². The van der Waals surface area contributed by atoms with E-state index in [0.29, 0.717) is 13.2 Å². The third-order valence-corrected chi connectivity index (χ3v) is 3.80. The van der Waals surface area contributed by atoms with Gasteiger partial charge in [0, 0.05) is 24.3 Å². The van der Waals surface area contributed by atoms with Crippen molar-refractivity contribution in [2.75, 3.05) is 24.6 Å². The first-order valence-corrected chi connectivity index (χ1v) is 7.13.